The van der Waals surface area contributed by atoms with E-state index in [-0.39, 0.29) is 11.3 Å². The summed E-state index contributed by atoms with van der Waals surface area (Å²) in [4.78, 5) is 26.5. The summed E-state index contributed by atoms with van der Waals surface area (Å²) < 4.78 is 0. The van der Waals surface area contributed by atoms with Crippen molar-refractivity contribution in [3.63, 3.8) is 0 Å². The number of aliphatic hydroxyl groups excluding tert-OH is 1. The summed E-state index contributed by atoms with van der Waals surface area (Å²) in [6, 6.07) is 17.5. The van der Waals surface area contributed by atoms with Crippen LogP contribution in [0.1, 0.15) is 17.2 Å². The Kier molecular flexibility index (Phi) is 4.81. The van der Waals surface area contributed by atoms with Crippen molar-refractivity contribution in [3.05, 3.63) is 77.4 Å². The highest BCUT2D eigenvalue weighted by Crippen LogP contribution is 2.39. The van der Waals surface area contributed by atoms with Crippen molar-refractivity contribution < 1.29 is 14.7 Å². The number of halogens is 1. The van der Waals surface area contributed by atoms with Crippen molar-refractivity contribution in [1.29, 1.82) is 0 Å². The van der Waals surface area contributed by atoms with Gasteiger partial charge in [0.25, 0.3) is 11.7 Å². The van der Waals surface area contributed by atoms with Crippen LogP contribution in [0.15, 0.2) is 66.2 Å². The number of aliphatic hydroxyl groups is 1. The van der Waals surface area contributed by atoms with Gasteiger partial charge in [-0.1, -0.05) is 76.6 Å². The lowest BCUT2D eigenvalue weighted by atomic mass is 9.95. The molecule has 1 amide bonds. The zero-order chi connectivity index (χ0) is 17.1. The predicted molar refractivity (Wildman–Crippen MR) is 95.7 cm³/mol. The molecule has 0 aliphatic carbocycles. The highest BCUT2D eigenvalue weighted by atomic mass is 79.9. The molecule has 3 rings (SSSR count). The van der Waals surface area contributed by atoms with E-state index in [9.17, 15) is 14.7 Å². The van der Waals surface area contributed by atoms with Gasteiger partial charge in [0, 0.05) is 17.4 Å². The van der Waals surface area contributed by atoms with Crippen LogP contribution in [0.3, 0.4) is 0 Å². The van der Waals surface area contributed by atoms with Crippen molar-refractivity contribution in [2.24, 2.45) is 0 Å². The Morgan fingerprint density at radius 1 is 1.00 bits per heavy atom. The topological polar surface area (TPSA) is 57.6 Å². The lowest BCUT2D eigenvalue weighted by Crippen LogP contribution is -2.31. The molecule has 1 unspecified atom stereocenters. The van der Waals surface area contributed by atoms with Crippen molar-refractivity contribution in [1.82, 2.24) is 4.90 Å². The summed E-state index contributed by atoms with van der Waals surface area (Å²) in [5, 5.41) is 11.2. The Labute approximate surface area is 148 Å². The van der Waals surface area contributed by atoms with Gasteiger partial charge in [-0.2, -0.15) is 0 Å². The van der Waals surface area contributed by atoms with Gasteiger partial charge in [0.1, 0.15) is 5.76 Å². The van der Waals surface area contributed by atoms with Gasteiger partial charge in [-0.15, -0.1) is 0 Å². The molecule has 1 fully saturated rings. The third-order valence-corrected chi connectivity index (χ3v) is 4.38. The lowest BCUT2D eigenvalue weighted by Gasteiger charge is -2.24. The molecule has 1 aliphatic rings. The van der Waals surface area contributed by atoms with E-state index in [2.05, 4.69) is 15.9 Å². The van der Waals surface area contributed by atoms with Crippen molar-refractivity contribution >= 4 is 33.4 Å². The summed E-state index contributed by atoms with van der Waals surface area (Å²) in [6.07, 6.45) is 0. The largest absolute Gasteiger partial charge is 0.507 e. The van der Waals surface area contributed by atoms with Gasteiger partial charge in [-0.3, -0.25) is 9.59 Å². The molecule has 1 heterocycles. The number of ketones is 1. The van der Waals surface area contributed by atoms with E-state index in [0.717, 1.165) is 5.56 Å². The molecule has 5 heteroatoms. The van der Waals surface area contributed by atoms with E-state index in [4.69, 9.17) is 0 Å². The molecule has 0 spiro atoms. The minimum absolute atomic E-state index is 0.137. The molecular weight excluding hydrogens is 370 g/mol. The molecule has 1 N–H and O–H groups in total. The molecule has 0 radical (unpaired) electrons. The van der Waals surface area contributed by atoms with Gasteiger partial charge in [0.15, 0.2) is 0 Å². The van der Waals surface area contributed by atoms with Crippen LogP contribution in [0.4, 0.5) is 0 Å². The molecule has 0 bridgehead atoms. The second-order valence-corrected chi connectivity index (χ2v) is 6.25. The lowest BCUT2D eigenvalue weighted by molar-refractivity contribution is -0.139. The van der Waals surface area contributed by atoms with Gasteiger partial charge >= 0.3 is 0 Å². The maximum absolute atomic E-state index is 12.6. The van der Waals surface area contributed by atoms with E-state index in [1.807, 2.05) is 36.4 Å². The van der Waals surface area contributed by atoms with Crippen molar-refractivity contribution in [2.45, 2.75) is 6.04 Å². The van der Waals surface area contributed by atoms with E-state index in [1.165, 1.54) is 4.90 Å². The first-order valence-electron chi connectivity index (χ1n) is 7.60. The summed E-state index contributed by atoms with van der Waals surface area (Å²) in [5.74, 6) is -1.37. The number of benzene rings is 2. The SMILES string of the molecule is O=C1C(=O)N(CCBr)C(c2ccccc2)C1=C(O)c1ccccc1. The van der Waals surface area contributed by atoms with Crippen LogP contribution < -0.4 is 0 Å². The van der Waals surface area contributed by atoms with Crippen LogP contribution in [0.2, 0.25) is 0 Å². The van der Waals surface area contributed by atoms with Crippen LogP contribution >= 0.6 is 15.9 Å². The number of hydrogen-bond donors (Lipinski definition) is 1. The highest BCUT2D eigenvalue weighted by Gasteiger charge is 2.45. The molecule has 0 saturated carbocycles. The first-order valence-corrected chi connectivity index (χ1v) is 8.72. The number of hydrogen-bond acceptors (Lipinski definition) is 3. The van der Waals surface area contributed by atoms with Crippen LogP contribution in [-0.2, 0) is 9.59 Å². The molecule has 122 valence electrons. The van der Waals surface area contributed by atoms with Crippen LogP contribution in [0.5, 0.6) is 0 Å². The maximum Gasteiger partial charge on any atom is 0.295 e. The zero-order valence-corrected chi connectivity index (χ0v) is 14.4. The second kappa shape index (κ2) is 7.01. The summed E-state index contributed by atoms with van der Waals surface area (Å²) in [7, 11) is 0. The van der Waals surface area contributed by atoms with E-state index in [1.54, 1.807) is 24.3 Å². The summed E-state index contributed by atoms with van der Waals surface area (Å²) >= 11 is 3.33. The molecule has 24 heavy (non-hydrogen) atoms. The molecular formula is C19H16BrNO3. The molecule has 1 atom stereocenters. The zero-order valence-electron chi connectivity index (χ0n) is 12.9. The van der Waals surface area contributed by atoms with Crippen molar-refractivity contribution in [3.8, 4) is 0 Å². The molecule has 2 aromatic rings. The van der Waals surface area contributed by atoms with Gasteiger partial charge < -0.3 is 10.0 Å². The average Bonchev–Trinajstić information content (AvgIpc) is 2.88. The molecule has 1 aliphatic heterocycles. The van der Waals surface area contributed by atoms with Crippen LogP contribution in [-0.4, -0.2) is 33.6 Å². The number of alkyl halides is 1. The Hall–Kier alpha value is -2.40. The molecule has 0 aromatic heterocycles. The summed E-state index contributed by atoms with van der Waals surface area (Å²) in [6.45, 7) is 0.385. The Morgan fingerprint density at radius 3 is 2.17 bits per heavy atom. The highest BCUT2D eigenvalue weighted by molar-refractivity contribution is 9.09. The minimum atomic E-state index is -0.647. The predicted octanol–water partition coefficient (Wildman–Crippen LogP) is 3.50. The van der Waals surface area contributed by atoms with E-state index >= 15 is 0 Å². The fraction of sp³-hybridized carbons (Fsp3) is 0.158. The second-order valence-electron chi connectivity index (χ2n) is 5.46. The average molecular weight is 386 g/mol. The molecule has 1 saturated heterocycles. The van der Waals surface area contributed by atoms with Gasteiger partial charge in [-0.25, -0.2) is 0 Å². The number of Topliss-reactive ketones (excluding diaryl/α,β-unsaturated/α-hetero) is 1. The first-order chi connectivity index (χ1) is 11.6. The van der Waals surface area contributed by atoms with Crippen LogP contribution in [0, 0.1) is 0 Å². The fourth-order valence-electron chi connectivity index (χ4n) is 2.94. The van der Waals surface area contributed by atoms with Gasteiger partial charge in [0.2, 0.25) is 0 Å². The Balaban J connectivity index is 2.18. The summed E-state index contributed by atoms with van der Waals surface area (Å²) in [5.41, 5.74) is 1.46. The normalized spacial score (nSPS) is 19.7. The third-order valence-electron chi connectivity index (χ3n) is 4.03. The minimum Gasteiger partial charge on any atom is -0.507 e. The Bertz CT molecular complexity index is 787. The quantitative estimate of drug-likeness (QED) is 0.379. The van der Waals surface area contributed by atoms with E-state index in [0.29, 0.717) is 17.4 Å². The molecule has 4 nitrogen and oxygen atoms in total. The van der Waals surface area contributed by atoms with Gasteiger partial charge in [-0.05, 0) is 5.56 Å². The Morgan fingerprint density at radius 2 is 1.58 bits per heavy atom. The third kappa shape index (κ3) is 2.87. The number of nitrogens with zero attached hydrogens (tertiary/aromatic N) is 1. The maximum atomic E-state index is 12.6. The number of carbonyl (C=O) groups excluding carboxylic acids is 2. The standard InChI is InChI=1S/C19H16BrNO3/c20-11-12-21-16(13-7-3-1-4-8-13)15(18(23)19(21)24)17(22)14-9-5-2-6-10-14/h1-10,16,22H,11-12H2. The first kappa shape index (κ1) is 16.5. The number of rotatable bonds is 4. The van der Waals surface area contributed by atoms with Gasteiger partial charge in [0.05, 0.1) is 11.6 Å². The number of likely N-dealkylation sites (tertiary alicyclic amines) is 1. The fourth-order valence-corrected chi connectivity index (χ4v) is 3.32. The monoisotopic (exact) mass is 385 g/mol. The van der Waals surface area contributed by atoms with Crippen LogP contribution in [0.25, 0.3) is 5.76 Å². The number of carbonyl (C=O) groups is 2. The number of amides is 1. The smallest absolute Gasteiger partial charge is 0.295 e. The molecule has 2 aromatic carbocycles. The van der Waals surface area contributed by atoms with Crippen molar-refractivity contribution in [2.75, 3.05) is 11.9 Å². The van der Waals surface area contributed by atoms with E-state index < -0.39 is 17.7 Å².